The highest BCUT2D eigenvalue weighted by Crippen LogP contribution is 2.22. The number of rotatable bonds is 3. The maximum Gasteiger partial charge on any atom is 0.264 e. The van der Waals surface area contributed by atoms with Crippen LogP contribution < -0.4 is 4.72 Å². The Kier molecular flexibility index (Phi) is 2.94. The van der Waals surface area contributed by atoms with E-state index in [-0.39, 0.29) is 4.90 Å². The van der Waals surface area contributed by atoms with Crippen LogP contribution in [0.3, 0.4) is 0 Å². The van der Waals surface area contributed by atoms with Gasteiger partial charge in [-0.1, -0.05) is 18.2 Å². The molecule has 0 amide bonds. The van der Waals surface area contributed by atoms with Crippen LogP contribution >= 0.6 is 0 Å². The van der Waals surface area contributed by atoms with E-state index in [2.05, 4.69) is 9.71 Å². The Morgan fingerprint density at radius 3 is 2.65 bits per heavy atom. The molecule has 1 heterocycles. The highest BCUT2D eigenvalue weighted by molar-refractivity contribution is 7.92. The van der Waals surface area contributed by atoms with E-state index in [1.165, 1.54) is 18.2 Å². The molecule has 0 aliphatic carbocycles. The van der Waals surface area contributed by atoms with Crippen molar-refractivity contribution in [2.75, 3.05) is 4.72 Å². The summed E-state index contributed by atoms with van der Waals surface area (Å²) >= 11 is 0. The number of hydrogen-bond donors (Lipinski definition) is 2. The Morgan fingerprint density at radius 1 is 1.05 bits per heavy atom. The maximum atomic E-state index is 13.6. The number of H-pyrrole nitrogens is 1. The molecule has 0 unspecified atom stereocenters. The normalized spacial score (nSPS) is 11.7. The van der Waals surface area contributed by atoms with Crippen LogP contribution in [0.1, 0.15) is 0 Å². The molecule has 0 aliphatic heterocycles. The molecule has 0 bridgehead atoms. The first-order valence-electron chi connectivity index (χ1n) is 5.91. The fourth-order valence-corrected chi connectivity index (χ4v) is 3.11. The summed E-state index contributed by atoms with van der Waals surface area (Å²) in [6.45, 7) is 0. The molecule has 3 rings (SSSR count). The standard InChI is InChI=1S/C14H11FN2O2S/c15-12-3-1-2-4-14(12)20(18,19)17-11-6-5-10-7-8-16-13(10)9-11/h1-9,16-17H. The number of sulfonamides is 1. The van der Waals surface area contributed by atoms with E-state index in [0.717, 1.165) is 17.0 Å². The number of nitrogens with one attached hydrogen (secondary N) is 2. The van der Waals surface area contributed by atoms with E-state index in [1.807, 2.05) is 6.07 Å². The number of hydrogen-bond acceptors (Lipinski definition) is 2. The van der Waals surface area contributed by atoms with Gasteiger partial charge in [-0.15, -0.1) is 0 Å². The van der Waals surface area contributed by atoms with Gasteiger partial charge >= 0.3 is 0 Å². The van der Waals surface area contributed by atoms with Crippen LogP contribution in [0, 0.1) is 5.82 Å². The zero-order valence-electron chi connectivity index (χ0n) is 10.3. The van der Waals surface area contributed by atoms with E-state index in [9.17, 15) is 12.8 Å². The minimum atomic E-state index is -3.93. The lowest BCUT2D eigenvalue weighted by Gasteiger charge is -2.08. The van der Waals surface area contributed by atoms with Crippen molar-refractivity contribution in [3.63, 3.8) is 0 Å². The molecule has 0 spiro atoms. The first kappa shape index (κ1) is 12.7. The first-order valence-corrected chi connectivity index (χ1v) is 7.39. The van der Waals surface area contributed by atoms with Gasteiger partial charge in [0.25, 0.3) is 10.0 Å². The highest BCUT2D eigenvalue weighted by Gasteiger charge is 2.18. The largest absolute Gasteiger partial charge is 0.361 e. The van der Waals surface area contributed by atoms with Crippen molar-refractivity contribution in [2.24, 2.45) is 0 Å². The third-order valence-electron chi connectivity index (χ3n) is 2.93. The summed E-state index contributed by atoms with van der Waals surface area (Å²) < 4.78 is 40.2. The molecule has 0 fully saturated rings. The van der Waals surface area contributed by atoms with E-state index in [1.54, 1.807) is 24.4 Å². The number of anilines is 1. The molecule has 0 atom stereocenters. The zero-order chi connectivity index (χ0) is 14.2. The van der Waals surface area contributed by atoms with Gasteiger partial charge in [-0.25, -0.2) is 12.8 Å². The number of aromatic amines is 1. The van der Waals surface area contributed by atoms with E-state index in [4.69, 9.17) is 0 Å². The third kappa shape index (κ3) is 2.25. The second-order valence-electron chi connectivity index (χ2n) is 4.32. The van der Waals surface area contributed by atoms with Gasteiger partial charge in [0.15, 0.2) is 0 Å². The van der Waals surface area contributed by atoms with Gasteiger partial charge < -0.3 is 4.98 Å². The van der Waals surface area contributed by atoms with Crippen LogP contribution in [0.4, 0.5) is 10.1 Å². The maximum absolute atomic E-state index is 13.6. The minimum absolute atomic E-state index is 0.369. The van der Waals surface area contributed by atoms with Crippen molar-refractivity contribution in [1.29, 1.82) is 0 Å². The third-order valence-corrected chi connectivity index (χ3v) is 4.35. The van der Waals surface area contributed by atoms with Crippen molar-refractivity contribution in [2.45, 2.75) is 4.90 Å². The zero-order valence-corrected chi connectivity index (χ0v) is 11.1. The van der Waals surface area contributed by atoms with Crippen molar-refractivity contribution >= 4 is 26.6 Å². The summed E-state index contributed by atoms with van der Waals surface area (Å²) in [6.07, 6.45) is 1.76. The van der Waals surface area contributed by atoms with Crippen molar-refractivity contribution in [3.05, 3.63) is 60.5 Å². The molecule has 3 aromatic rings. The minimum Gasteiger partial charge on any atom is -0.361 e. The summed E-state index contributed by atoms with van der Waals surface area (Å²) in [5.41, 5.74) is 1.18. The molecule has 6 heteroatoms. The number of aromatic nitrogens is 1. The van der Waals surface area contributed by atoms with Crippen LogP contribution in [-0.4, -0.2) is 13.4 Å². The molecular formula is C14H11FN2O2S. The average Bonchev–Trinajstić information content (AvgIpc) is 2.86. The predicted octanol–water partition coefficient (Wildman–Crippen LogP) is 3.11. The highest BCUT2D eigenvalue weighted by atomic mass is 32.2. The Morgan fingerprint density at radius 2 is 1.85 bits per heavy atom. The summed E-state index contributed by atoms with van der Waals surface area (Å²) in [6, 6.07) is 12.2. The van der Waals surface area contributed by atoms with Crippen molar-refractivity contribution in [1.82, 2.24) is 4.98 Å². The van der Waals surface area contributed by atoms with Crippen molar-refractivity contribution < 1.29 is 12.8 Å². The average molecular weight is 290 g/mol. The summed E-state index contributed by atoms with van der Waals surface area (Å²) in [7, 11) is -3.93. The number of benzene rings is 2. The van der Waals surface area contributed by atoms with E-state index >= 15 is 0 Å². The molecule has 4 nitrogen and oxygen atoms in total. The molecular weight excluding hydrogens is 279 g/mol. The fraction of sp³-hybridized carbons (Fsp3) is 0. The Hall–Kier alpha value is -2.34. The van der Waals surface area contributed by atoms with Gasteiger partial charge in [0.1, 0.15) is 10.7 Å². The molecule has 2 aromatic carbocycles. The predicted molar refractivity (Wildman–Crippen MR) is 75.5 cm³/mol. The molecule has 1 aromatic heterocycles. The SMILES string of the molecule is O=S(=O)(Nc1ccc2cc[nH]c2c1)c1ccccc1F. The fourth-order valence-electron chi connectivity index (χ4n) is 1.98. The van der Waals surface area contributed by atoms with Gasteiger partial charge in [0.2, 0.25) is 0 Å². The van der Waals surface area contributed by atoms with Crippen LogP contribution in [-0.2, 0) is 10.0 Å². The monoisotopic (exact) mass is 290 g/mol. The molecule has 2 N–H and O–H groups in total. The summed E-state index contributed by atoms with van der Waals surface area (Å²) in [4.78, 5) is 2.62. The second kappa shape index (κ2) is 4.64. The Labute approximate surface area is 115 Å². The Bertz CT molecular complexity index is 872. The first-order chi connectivity index (χ1) is 9.56. The van der Waals surface area contributed by atoms with Gasteiger partial charge in [-0.2, -0.15) is 0 Å². The van der Waals surface area contributed by atoms with Gasteiger partial charge in [-0.3, -0.25) is 4.72 Å². The van der Waals surface area contributed by atoms with E-state index in [0.29, 0.717) is 5.69 Å². The Balaban J connectivity index is 1.99. The lowest BCUT2D eigenvalue weighted by atomic mass is 10.2. The van der Waals surface area contributed by atoms with Crippen LogP contribution in [0.2, 0.25) is 0 Å². The molecule has 20 heavy (non-hydrogen) atoms. The van der Waals surface area contributed by atoms with Gasteiger partial charge in [0.05, 0.1) is 5.69 Å². The number of fused-ring (bicyclic) bond motifs is 1. The lowest BCUT2D eigenvalue weighted by Crippen LogP contribution is -2.14. The molecule has 0 radical (unpaired) electrons. The number of halogens is 1. The molecule has 0 saturated carbocycles. The van der Waals surface area contributed by atoms with E-state index < -0.39 is 15.8 Å². The summed E-state index contributed by atoms with van der Waals surface area (Å²) in [5, 5.41) is 0.971. The quantitative estimate of drug-likeness (QED) is 0.778. The smallest absolute Gasteiger partial charge is 0.264 e. The molecule has 0 aliphatic rings. The van der Waals surface area contributed by atoms with Gasteiger partial charge in [-0.05, 0) is 35.7 Å². The topological polar surface area (TPSA) is 62.0 Å². The van der Waals surface area contributed by atoms with Crippen LogP contribution in [0.25, 0.3) is 10.9 Å². The van der Waals surface area contributed by atoms with Crippen LogP contribution in [0.5, 0.6) is 0 Å². The molecule has 102 valence electrons. The summed E-state index contributed by atoms with van der Waals surface area (Å²) in [5.74, 6) is -0.777. The lowest BCUT2D eigenvalue weighted by molar-refractivity contribution is 0.570. The van der Waals surface area contributed by atoms with Crippen LogP contribution in [0.15, 0.2) is 59.6 Å². The molecule has 0 saturated heterocycles. The van der Waals surface area contributed by atoms with Gasteiger partial charge in [0, 0.05) is 11.7 Å². The van der Waals surface area contributed by atoms with Crippen molar-refractivity contribution in [3.8, 4) is 0 Å². The second-order valence-corrected chi connectivity index (χ2v) is 5.97.